The molecule has 1 saturated carbocycles. The number of carbonyl (C=O) groups excluding carboxylic acids is 1. The van der Waals surface area contributed by atoms with Crippen molar-refractivity contribution in [1.82, 2.24) is 20.1 Å². The molecule has 0 atom stereocenters. The van der Waals surface area contributed by atoms with Crippen LogP contribution in [0.1, 0.15) is 40.7 Å². The second-order valence-electron chi connectivity index (χ2n) is 6.62. The van der Waals surface area contributed by atoms with Crippen molar-refractivity contribution in [2.75, 3.05) is 19.5 Å². The van der Waals surface area contributed by atoms with Gasteiger partial charge in [0.15, 0.2) is 0 Å². The molecule has 2 aromatic rings. The summed E-state index contributed by atoms with van der Waals surface area (Å²) in [6.07, 6.45) is 4.49. The van der Waals surface area contributed by atoms with Crippen LogP contribution in [0.4, 0.5) is 5.82 Å². The van der Waals surface area contributed by atoms with Crippen LogP contribution in [0.5, 0.6) is 0 Å². The van der Waals surface area contributed by atoms with Crippen molar-refractivity contribution in [3.8, 4) is 0 Å². The zero-order valence-corrected chi connectivity index (χ0v) is 14.4. The Kier molecular flexibility index (Phi) is 3.73. The summed E-state index contributed by atoms with van der Waals surface area (Å²) in [7, 11) is 4.95. The first-order chi connectivity index (χ1) is 12.0. The van der Waals surface area contributed by atoms with E-state index in [4.69, 9.17) is 9.47 Å². The van der Waals surface area contributed by atoms with Gasteiger partial charge in [-0.2, -0.15) is 5.10 Å². The van der Waals surface area contributed by atoms with Crippen molar-refractivity contribution in [3.63, 3.8) is 0 Å². The number of pyridine rings is 1. The Balaban J connectivity index is 1.62. The molecule has 1 amide bonds. The van der Waals surface area contributed by atoms with Crippen molar-refractivity contribution < 1.29 is 14.3 Å². The zero-order chi connectivity index (χ0) is 17.6. The van der Waals surface area contributed by atoms with Gasteiger partial charge in [0.2, 0.25) is 6.29 Å². The second kappa shape index (κ2) is 5.82. The van der Waals surface area contributed by atoms with Gasteiger partial charge in [-0.25, -0.2) is 4.98 Å². The summed E-state index contributed by atoms with van der Waals surface area (Å²) < 4.78 is 12.2. The van der Waals surface area contributed by atoms with Crippen LogP contribution in [0, 0.1) is 0 Å². The summed E-state index contributed by atoms with van der Waals surface area (Å²) in [6, 6.07) is 4.19. The Morgan fingerprint density at radius 2 is 2.16 bits per heavy atom. The normalized spacial score (nSPS) is 23.6. The number of carbonyl (C=O) groups is 1. The highest BCUT2D eigenvalue weighted by Gasteiger charge is 2.52. The lowest BCUT2D eigenvalue weighted by Gasteiger charge is -2.53. The van der Waals surface area contributed by atoms with E-state index >= 15 is 0 Å². The number of nitrogens with one attached hydrogen (secondary N) is 2. The summed E-state index contributed by atoms with van der Waals surface area (Å²) >= 11 is 0. The first kappa shape index (κ1) is 16.0. The minimum absolute atomic E-state index is 0.116. The molecule has 5 rings (SSSR count). The smallest absolute Gasteiger partial charge is 0.255 e. The quantitative estimate of drug-likeness (QED) is 0.796. The second-order valence-corrected chi connectivity index (χ2v) is 6.62. The van der Waals surface area contributed by atoms with Gasteiger partial charge in [0.25, 0.3) is 5.91 Å². The molecule has 0 aromatic carbocycles. The molecule has 2 N–H and O–H groups in total. The van der Waals surface area contributed by atoms with Gasteiger partial charge in [-0.1, -0.05) is 6.07 Å². The predicted octanol–water partition coefficient (Wildman–Crippen LogP) is 1.32. The number of ether oxygens (including phenoxy) is 2. The Morgan fingerprint density at radius 3 is 2.80 bits per heavy atom. The molecular formula is C17H21N5O3. The van der Waals surface area contributed by atoms with E-state index in [9.17, 15) is 4.79 Å². The molecule has 2 aromatic heterocycles. The van der Waals surface area contributed by atoms with E-state index in [0.717, 1.165) is 24.2 Å². The fourth-order valence-corrected chi connectivity index (χ4v) is 3.73. The van der Waals surface area contributed by atoms with Crippen molar-refractivity contribution in [2.24, 2.45) is 7.05 Å². The molecular weight excluding hydrogens is 322 g/mol. The molecule has 4 heterocycles. The molecule has 8 nitrogen and oxygen atoms in total. The number of anilines is 1. The molecule has 1 aliphatic carbocycles. The molecule has 1 fully saturated rings. The number of aryl methyl sites for hydroxylation is 1. The fraction of sp³-hybridized carbons (Fsp3) is 0.471. The topological polar surface area (TPSA) is 90.3 Å². The van der Waals surface area contributed by atoms with Gasteiger partial charge in [0.1, 0.15) is 5.82 Å². The Bertz CT molecular complexity index is 808. The molecule has 8 heteroatoms. The highest BCUT2D eigenvalue weighted by Crippen LogP contribution is 2.50. The highest BCUT2D eigenvalue weighted by atomic mass is 16.7. The predicted molar refractivity (Wildman–Crippen MR) is 90.0 cm³/mol. The van der Waals surface area contributed by atoms with E-state index in [1.165, 1.54) is 0 Å². The highest BCUT2D eigenvalue weighted by molar-refractivity contribution is 5.94. The van der Waals surface area contributed by atoms with E-state index in [-0.39, 0.29) is 11.4 Å². The average molecular weight is 343 g/mol. The van der Waals surface area contributed by atoms with E-state index in [0.29, 0.717) is 17.3 Å². The standard InChI is InChI=1S/C17H21N5O3/c1-22-9-10(8-18-22)15(23)21-17-6-11(7-17)19-14-12(17)4-5-13(20-14)16(24-2)25-3/h4-5,8-9,11,16H,6-7H2,1-3H3,(H,19,20)(H,21,23). The molecule has 0 unspecified atom stereocenters. The minimum atomic E-state index is -0.508. The van der Waals surface area contributed by atoms with Crippen LogP contribution >= 0.6 is 0 Å². The molecule has 0 radical (unpaired) electrons. The summed E-state index contributed by atoms with van der Waals surface area (Å²) in [5, 5.41) is 10.7. The van der Waals surface area contributed by atoms with Crippen LogP contribution < -0.4 is 10.6 Å². The van der Waals surface area contributed by atoms with Gasteiger partial charge >= 0.3 is 0 Å². The van der Waals surface area contributed by atoms with Crippen LogP contribution in [-0.2, 0) is 22.1 Å². The van der Waals surface area contributed by atoms with Crippen LogP contribution in [0.3, 0.4) is 0 Å². The number of rotatable bonds is 5. The maximum atomic E-state index is 12.6. The first-order valence-corrected chi connectivity index (χ1v) is 8.19. The van der Waals surface area contributed by atoms with Gasteiger partial charge in [-0.3, -0.25) is 9.48 Å². The number of amides is 1. The maximum Gasteiger partial charge on any atom is 0.255 e. The lowest BCUT2D eigenvalue weighted by molar-refractivity contribution is -0.108. The molecule has 0 saturated heterocycles. The molecule has 2 bridgehead atoms. The van der Waals surface area contributed by atoms with Crippen molar-refractivity contribution in [2.45, 2.75) is 30.7 Å². The van der Waals surface area contributed by atoms with Gasteiger partial charge < -0.3 is 20.1 Å². The fourth-order valence-electron chi connectivity index (χ4n) is 3.73. The Labute approximate surface area is 145 Å². The number of hydrogen-bond donors (Lipinski definition) is 2. The van der Waals surface area contributed by atoms with Crippen LogP contribution in [0.15, 0.2) is 24.5 Å². The first-order valence-electron chi connectivity index (χ1n) is 8.19. The third-order valence-electron chi connectivity index (χ3n) is 4.95. The van der Waals surface area contributed by atoms with Gasteiger partial charge in [0, 0.05) is 39.1 Å². The lowest BCUT2D eigenvalue weighted by atomic mass is 9.65. The third-order valence-corrected chi connectivity index (χ3v) is 4.95. The van der Waals surface area contributed by atoms with Crippen LogP contribution in [0.25, 0.3) is 0 Å². The monoisotopic (exact) mass is 343 g/mol. The van der Waals surface area contributed by atoms with Crippen molar-refractivity contribution in [1.29, 1.82) is 0 Å². The summed E-state index contributed by atoms with van der Waals surface area (Å²) in [5.41, 5.74) is 1.89. The third kappa shape index (κ3) is 2.58. The zero-order valence-electron chi connectivity index (χ0n) is 14.4. The van der Waals surface area contributed by atoms with Crippen molar-refractivity contribution >= 4 is 11.7 Å². The summed E-state index contributed by atoms with van der Waals surface area (Å²) in [6.45, 7) is 0. The Hall–Kier alpha value is -2.45. The van der Waals surface area contributed by atoms with Gasteiger partial charge in [0.05, 0.1) is 23.0 Å². The average Bonchev–Trinajstić information content (AvgIpc) is 3.01. The van der Waals surface area contributed by atoms with Crippen molar-refractivity contribution in [3.05, 3.63) is 41.3 Å². The van der Waals surface area contributed by atoms with E-state index in [2.05, 4.69) is 20.7 Å². The molecule has 3 aliphatic rings. The molecule has 132 valence electrons. The lowest BCUT2D eigenvalue weighted by Crippen LogP contribution is -2.62. The molecule has 25 heavy (non-hydrogen) atoms. The van der Waals surface area contributed by atoms with Crippen LogP contribution in [-0.4, -0.2) is 40.9 Å². The number of nitrogens with zero attached hydrogens (tertiary/aromatic N) is 3. The SMILES string of the molecule is COC(OC)c1ccc2c(n1)NC1CC2(NC(=O)c2cnn(C)c2)C1. The summed E-state index contributed by atoms with van der Waals surface area (Å²) in [4.78, 5) is 17.2. The number of aromatic nitrogens is 3. The van der Waals surface area contributed by atoms with Gasteiger partial charge in [-0.05, 0) is 18.9 Å². The number of methoxy groups -OCH3 is 2. The molecule has 0 spiro atoms. The van der Waals surface area contributed by atoms with Gasteiger partial charge in [-0.15, -0.1) is 0 Å². The van der Waals surface area contributed by atoms with E-state index in [1.807, 2.05) is 12.1 Å². The largest absolute Gasteiger partial charge is 0.367 e. The maximum absolute atomic E-state index is 12.6. The van der Waals surface area contributed by atoms with E-state index < -0.39 is 6.29 Å². The Morgan fingerprint density at radius 1 is 1.40 bits per heavy atom. The number of hydrogen-bond acceptors (Lipinski definition) is 6. The van der Waals surface area contributed by atoms with Crippen LogP contribution in [0.2, 0.25) is 0 Å². The summed E-state index contributed by atoms with van der Waals surface area (Å²) in [5.74, 6) is 0.667. The molecule has 2 aliphatic heterocycles. The van der Waals surface area contributed by atoms with E-state index in [1.54, 1.807) is 38.3 Å². The minimum Gasteiger partial charge on any atom is -0.367 e.